The van der Waals surface area contributed by atoms with Crippen LogP contribution in [0.2, 0.25) is 5.02 Å². The summed E-state index contributed by atoms with van der Waals surface area (Å²) in [7, 11) is 0. The molecule has 4 rings (SSSR count). The second-order valence-electron chi connectivity index (χ2n) is 6.93. The third kappa shape index (κ3) is 4.89. The van der Waals surface area contributed by atoms with Crippen molar-refractivity contribution in [2.45, 2.75) is 13.5 Å². The van der Waals surface area contributed by atoms with Gasteiger partial charge in [0.1, 0.15) is 12.4 Å². The van der Waals surface area contributed by atoms with Crippen LogP contribution >= 0.6 is 22.9 Å². The Morgan fingerprint density at radius 1 is 1.14 bits per heavy atom. The van der Waals surface area contributed by atoms with Gasteiger partial charge in [-0.25, -0.2) is 4.98 Å². The summed E-state index contributed by atoms with van der Waals surface area (Å²) in [5.74, 6) is 0.787. The van der Waals surface area contributed by atoms with Gasteiger partial charge in [-0.3, -0.25) is 4.79 Å². The highest BCUT2D eigenvalue weighted by atomic mass is 35.5. The lowest BCUT2D eigenvalue weighted by atomic mass is 10.1. The van der Waals surface area contributed by atoms with Gasteiger partial charge in [-0.15, -0.1) is 11.3 Å². The maximum atomic E-state index is 12.8. The summed E-state index contributed by atoms with van der Waals surface area (Å²) in [6.45, 7) is 5.37. The summed E-state index contributed by atoms with van der Waals surface area (Å²) >= 11 is 7.70. The predicted octanol–water partition coefficient (Wildman–Crippen LogP) is 4.65. The fourth-order valence-electron chi connectivity index (χ4n) is 3.35. The molecule has 0 radical (unpaired) electrons. The van der Waals surface area contributed by atoms with Crippen LogP contribution < -0.4 is 9.64 Å². The first kappa shape index (κ1) is 19.7. The molecule has 2 heterocycles. The molecule has 0 atom stereocenters. The first-order chi connectivity index (χ1) is 14.1. The number of carbonyl (C=O) groups is 1. The summed E-state index contributed by atoms with van der Waals surface area (Å²) in [4.78, 5) is 21.4. The second-order valence-corrected chi connectivity index (χ2v) is 8.43. The SMILES string of the molecule is Cc1nc(COc2ccc(C(=O)N3CCN(c4cccc(Cl)c4)CC3)cc2)cs1. The molecule has 0 saturated carbocycles. The van der Waals surface area contributed by atoms with E-state index in [1.807, 2.05) is 59.7 Å². The van der Waals surface area contributed by atoms with Crippen molar-refractivity contribution in [3.8, 4) is 5.75 Å². The van der Waals surface area contributed by atoms with Crippen LogP contribution in [0.1, 0.15) is 21.1 Å². The van der Waals surface area contributed by atoms with Crippen LogP contribution in [-0.4, -0.2) is 42.0 Å². The van der Waals surface area contributed by atoms with Gasteiger partial charge < -0.3 is 14.5 Å². The lowest BCUT2D eigenvalue weighted by Gasteiger charge is -2.36. The van der Waals surface area contributed by atoms with Gasteiger partial charge in [0, 0.05) is 47.8 Å². The molecule has 1 amide bonds. The van der Waals surface area contributed by atoms with E-state index < -0.39 is 0 Å². The number of amides is 1. The van der Waals surface area contributed by atoms with Crippen LogP contribution in [0.15, 0.2) is 53.9 Å². The number of hydrogen-bond donors (Lipinski definition) is 0. The Labute approximate surface area is 179 Å². The maximum absolute atomic E-state index is 12.8. The Bertz CT molecular complexity index is 982. The highest BCUT2D eigenvalue weighted by molar-refractivity contribution is 7.09. The molecule has 0 N–H and O–H groups in total. The number of carbonyl (C=O) groups excluding carboxylic acids is 1. The molecular formula is C22H22ClN3O2S. The Balaban J connectivity index is 1.31. The maximum Gasteiger partial charge on any atom is 0.253 e. The van der Waals surface area contributed by atoms with Crippen molar-refractivity contribution >= 4 is 34.5 Å². The Hall–Kier alpha value is -2.57. The number of thiazole rings is 1. The minimum absolute atomic E-state index is 0.0532. The summed E-state index contributed by atoms with van der Waals surface area (Å²) < 4.78 is 5.76. The van der Waals surface area contributed by atoms with E-state index in [-0.39, 0.29) is 5.91 Å². The van der Waals surface area contributed by atoms with E-state index >= 15 is 0 Å². The van der Waals surface area contributed by atoms with E-state index in [0.29, 0.717) is 25.3 Å². The zero-order valence-corrected chi connectivity index (χ0v) is 17.7. The fraction of sp³-hybridized carbons (Fsp3) is 0.273. The molecule has 0 bridgehead atoms. The lowest BCUT2D eigenvalue weighted by molar-refractivity contribution is 0.0746. The molecule has 2 aromatic carbocycles. The molecule has 0 unspecified atom stereocenters. The first-order valence-corrected chi connectivity index (χ1v) is 10.8. The quantitative estimate of drug-likeness (QED) is 0.594. The van der Waals surface area contributed by atoms with Crippen LogP contribution in [0.25, 0.3) is 0 Å². The minimum Gasteiger partial charge on any atom is -0.487 e. The topological polar surface area (TPSA) is 45.7 Å². The summed E-state index contributed by atoms with van der Waals surface area (Å²) in [5, 5.41) is 3.75. The molecule has 150 valence electrons. The molecule has 0 spiro atoms. The number of aryl methyl sites for hydroxylation is 1. The fourth-order valence-corrected chi connectivity index (χ4v) is 4.13. The average molecular weight is 428 g/mol. The minimum atomic E-state index is 0.0532. The molecule has 29 heavy (non-hydrogen) atoms. The van der Waals surface area contributed by atoms with Crippen LogP contribution in [0, 0.1) is 6.92 Å². The monoisotopic (exact) mass is 427 g/mol. The Kier molecular flexibility index (Phi) is 6.02. The van der Waals surface area contributed by atoms with Gasteiger partial charge in [0.15, 0.2) is 0 Å². The van der Waals surface area contributed by atoms with Gasteiger partial charge >= 0.3 is 0 Å². The highest BCUT2D eigenvalue weighted by Crippen LogP contribution is 2.22. The van der Waals surface area contributed by atoms with Crippen LogP contribution in [0.4, 0.5) is 5.69 Å². The van der Waals surface area contributed by atoms with Crippen molar-refractivity contribution < 1.29 is 9.53 Å². The molecular weight excluding hydrogens is 406 g/mol. The normalized spacial score (nSPS) is 14.1. The molecule has 1 aromatic heterocycles. The molecule has 1 fully saturated rings. The van der Waals surface area contributed by atoms with Crippen LogP contribution in [0.3, 0.4) is 0 Å². The van der Waals surface area contributed by atoms with Crippen molar-refractivity contribution in [2.75, 3.05) is 31.1 Å². The van der Waals surface area contributed by atoms with Crippen LogP contribution in [0.5, 0.6) is 5.75 Å². The molecule has 1 aliphatic heterocycles. The number of halogens is 1. The number of aromatic nitrogens is 1. The van der Waals surface area contributed by atoms with Gasteiger partial charge in [-0.1, -0.05) is 17.7 Å². The van der Waals surface area contributed by atoms with Crippen molar-refractivity contribution in [3.05, 3.63) is 75.2 Å². The van der Waals surface area contributed by atoms with Gasteiger partial charge in [0.25, 0.3) is 5.91 Å². The largest absolute Gasteiger partial charge is 0.487 e. The van der Waals surface area contributed by atoms with E-state index in [0.717, 1.165) is 40.3 Å². The Morgan fingerprint density at radius 2 is 1.90 bits per heavy atom. The van der Waals surface area contributed by atoms with Crippen molar-refractivity contribution in [2.24, 2.45) is 0 Å². The van der Waals surface area contributed by atoms with Crippen molar-refractivity contribution in [1.82, 2.24) is 9.88 Å². The number of hydrogen-bond acceptors (Lipinski definition) is 5. The Morgan fingerprint density at radius 3 is 2.55 bits per heavy atom. The van der Waals surface area contributed by atoms with E-state index in [1.165, 1.54) is 0 Å². The van der Waals surface area contributed by atoms with E-state index in [1.54, 1.807) is 11.3 Å². The number of ether oxygens (including phenoxy) is 1. The molecule has 1 aliphatic rings. The number of anilines is 1. The predicted molar refractivity (Wildman–Crippen MR) is 117 cm³/mol. The van der Waals surface area contributed by atoms with Gasteiger partial charge in [-0.05, 0) is 49.4 Å². The average Bonchev–Trinajstić information content (AvgIpc) is 3.17. The number of benzene rings is 2. The molecule has 0 aliphatic carbocycles. The first-order valence-electron chi connectivity index (χ1n) is 9.52. The van der Waals surface area contributed by atoms with Crippen molar-refractivity contribution in [1.29, 1.82) is 0 Å². The van der Waals surface area contributed by atoms with E-state index in [4.69, 9.17) is 16.3 Å². The third-order valence-electron chi connectivity index (χ3n) is 4.89. The highest BCUT2D eigenvalue weighted by Gasteiger charge is 2.22. The smallest absolute Gasteiger partial charge is 0.253 e. The van der Waals surface area contributed by atoms with E-state index in [2.05, 4.69) is 16.0 Å². The molecule has 5 nitrogen and oxygen atoms in total. The summed E-state index contributed by atoms with van der Waals surface area (Å²) in [6, 6.07) is 15.2. The lowest BCUT2D eigenvalue weighted by Crippen LogP contribution is -2.48. The summed E-state index contributed by atoms with van der Waals surface area (Å²) in [5.41, 5.74) is 2.70. The van der Waals surface area contributed by atoms with Crippen molar-refractivity contribution in [3.63, 3.8) is 0 Å². The number of nitrogens with zero attached hydrogens (tertiary/aromatic N) is 3. The number of piperazine rings is 1. The third-order valence-corrected chi connectivity index (χ3v) is 5.95. The standard InChI is InChI=1S/C22H22ClN3O2S/c1-16-24-19(15-29-16)14-28-21-7-5-17(6-8-21)22(27)26-11-9-25(10-12-26)20-4-2-3-18(23)13-20/h2-8,13,15H,9-12,14H2,1H3. The van der Waals surface area contributed by atoms with Gasteiger partial charge in [-0.2, -0.15) is 0 Å². The summed E-state index contributed by atoms with van der Waals surface area (Å²) in [6.07, 6.45) is 0. The number of rotatable bonds is 5. The van der Waals surface area contributed by atoms with Crippen LogP contribution in [-0.2, 0) is 6.61 Å². The van der Waals surface area contributed by atoms with E-state index in [9.17, 15) is 4.79 Å². The van der Waals surface area contributed by atoms with Gasteiger partial charge in [0.2, 0.25) is 0 Å². The van der Waals surface area contributed by atoms with Gasteiger partial charge in [0.05, 0.1) is 10.7 Å². The molecule has 3 aromatic rings. The zero-order chi connectivity index (χ0) is 20.2. The zero-order valence-electron chi connectivity index (χ0n) is 16.2. The molecule has 1 saturated heterocycles. The second kappa shape index (κ2) is 8.84. The molecule has 7 heteroatoms.